The van der Waals surface area contributed by atoms with Gasteiger partial charge in [0.15, 0.2) is 0 Å². The van der Waals surface area contributed by atoms with Crippen LogP contribution in [0.1, 0.15) is 11.1 Å². The average molecular weight is 299 g/mol. The molecule has 0 aliphatic rings. The van der Waals surface area contributed by atoms with Gasteiger partial charge in [0, 0.05) is 0 Å². The van der Waals surface area contributed by atoms with Gasteiger partial charge in [-0.05, 0) is 29.3 Å². The Kier molecular flexibility index (Phi) is 5.57. The smallest absolute Gasteiger partial charge is 0.356 e. The highest BCUT2D eigenvalue weighted by Gasteiger charge is 2.10. The van der Waals surface area contributed by atoms with Crippen LogP contribution in [0.5, 0.6) is 5.75 Å². The largest absolute Gasteiger partial charge is 0.508 e. The van der Waals surface area contributed by atoms with Gasteiger partial charge in [0.1, 0.15) is 11.4 Å². The Morgan fingerprint density at radius 1 is 1.14 bits per heavy atom. The zero-order valence-electron chi connectivity index (χ0n) is 12.2. The number of benzene rings is 2. The van der Waals surface area contributed by atoms with Crippen LogP contribution in [-0.4, -0.2) is 18.2 Å². The summed E-state index contributed by atoms with van der Waals surface area (Å²) < 4.78 is 4.71. The average Bonchev–Trinajstić information content (AvgIpc) is 2.56. The minimum Gasteiger partial charge on any atom is -0.508 e. The highest BCUT2D eigenvalue weighted by atomic mass is 16.6. The van der Waals surface area contributed by atoms with Crippen LogP contribution in [0, 0.1) is 0 Å². The van der Waals surface area contributed by atoms with Crippen molar-refractivity contribution in [2.24, 2.45) is 0 Å². The van der Waals surface area contributed by atoms with E-state index in [0.29, 0.717) is 6.61 Å². The molecule has 5 nitrogen and oxygen atoms in total. The summed E-state index contributed by atoms with van der Waals surface area (Å²) in [7, 11) is 1.30. The van der Waals surface area contributed by atoms with E-state index in [1.807, 2.05) is 30.3 Å². The molecular weight excluding hydrogens is 282 g/mol. The molecule has 0 amide bonds. The van der Waals surface area contributed by atoms with Crippen molar-refractivity contribution in [2.45, 2.75) is 6.61 Å². The lowest BCUT2D eigenvalue weighted by molar-refractivity contribution is -0.138. The molecule has 0 fully saturated rings. The lowest BCUT2D eigenvalue weighted by Gasteiger charge is -2.09. The van der Waals surface area contributed by atoms with Crippen LogP contribution in [0.25, 0.3) is 6.08 Å². The summed E-state index contributed by atoms with van der Waals surface area (Å²) in [5, 5.41) is 9.26. The zero-order chi connectivity index (χ0) is 15.8. The molecule has 0 saturated carbocycles. The van der Waals surface area contributed by atoms with E-state index in [4.69, 9.17) is 9.57 Å². The second-order valence-corrected chi connectivity index (χ2v) is 4.52. The molecule has 0 unspecified atom stereocenters. The number of hydroxylamine groups is 1. The van der Waals surface area contributed by atoms with Crippen molar-refractivity contribution in [1.82, 2.24) is 5.48 Å². The summed E-state index contributed by atoms with van der Waals surface area (Å²) >= 11 is 0. The van der Waals surface area contributed by atoms with Crippen molar-refractivity contribution < 1.29 is 19.5 Å². The minimum atomic E-state index is -0.541. The molecule has 114 valence electrons. The van der Waals surface area contributed by atoms with Gasteiger partial charge in [0.2, 0.25) is 0 Å². The van der Waals surface area contributed by atoms with Gasteiger partial charge < -0.3 is 9.84 Å². The standard InChI is InChI=1S/C17H17NO4/c1-21-17(20)16(11-13-7-9-15(19)10-8-13)18-22-12-14-5-3-2-4-6-14/h2-11,18-19H,12H2,1H3. The van der Waals surface area contributed by atoms with E-state index in [9.17, 15) is 9.90 Å². The summed E-state index contributed by atoms with van der Waals surface area (Å²) in [5.41, 5.74) is 4.48. The first-order valence-corrected chi connectivity index (χ1v) is 6.70. The Morgan fingerprint density at radius 3 is 2.45 bits per heavy atom. The van der Waals surface area contributed by atoms with Gasteiger partial charge in [0.05, 0.1) is 13.7 Å². The van der Waals surface area contributed by atoms with Crippen LogP contribution in [0.15, 0.2) is 60.3 Å². The minimum absolute atomic E-state index is 0.157. The molecule has 0 radical (unpaired) electrons. The molecule has 0 spiro atoms. The van der Waals surface area contributed by atoms with Crippen LogP contribution in [0.2, 0.25) is 0 Å². The molecule has 0 aromatic heterocycles. The number of ether oxygens (including phenoxy) is 1. The third kappa shape index (κ3) is 4.64. The number of aromatic hydroxyl groups is 1. The molecule has 0 bridgehead atoms. The van der Waals surface area contributed by atoms with Gasteiger partial charge in [-0.3, -0.25) is 10.3 Å². The normalized spacial score (nSPS) is 11.0. The molecule has 0 atom stereocenters. The molecule has 0 heterocycles. The number of phenolic OH excluding ortho intramolecular Hbond substituents is 1. The van der Waals surface area contributed by atoms with Gasteiger partial charge in [-0.15, -0.1) is 0 Å². The number of phenols is 1. The van der Waals surface area contributed by atoms with Gasteiger partial charge in [0.25, 0.3) is 0 Å². The maximum absolute atomic E-state index is 11.7. The van der Waals surface area contributed by atoms with Crippen molar-refractivity contribution in [2.75, 3.05) is 7.11 Å². The summed E-state index contributed by atoms with van der Waals surface area (Å²) in [6.45, 7) is 0.310. The second-order valence-electron chi connectivity index (χ2n) is 4.52. The highest BCUT2D eigenvalue weighted by molar-refractivity contribution is 5.92. The second kappa shape index (κ2) is 7.85. The Hall–Kier alpha value is -2.79. The SMILES string of the molecule is COC(=O)C(=Cc1ccc(O)cc1)NOCc1ccccc1. The molecule has 2 rings (SSSR count). The van der Waals surface area contributed by atoms with Gasteiger partial charge in [-0.1, -0.05) is 42.5 Å². The first-order chi connectivity index (χ1) is 10.7. The molecule has 0 aliphatic heterocycles. The summed E-state index contributed by atoms with van der Waals surface area (Å²) in [6, 6.07) is 16.0. The number of rotatable bonds is 6. The van der Waals surface area contributed by atoms with E-state index in [2.05, 4.69) is 5.48 Å². The molecule has 0 saturated heterocycles. The van der Waals surface area contributed by atoms with Crippen molar-refractivity contribution in [3.8, 4) is 5.75 Å². The number of methoxy groups -OCH3 is 1. The van der Waals surface area contributed by atoms with Gasteiger partial charge >= 0.3 is 5.97 Å². The number of carbonyl (C=O) groups is 1. The number of hydrogen-bond acceptors (Lipinski definition) is 5. The van der Waals surface area contributed by atoms with Gasteiger partial charge in [-0.25, -0.2) is 4.79 Å². The zero-order valence-corrected chi connectivity index (χ0v) is 12.2. The van der Waals surface area contributed by atoms with Crippen LogP contribution in [0.4, 0.5) is 0 Å². The molecule has 5 heteroatoms. The quantitative estimate of drug-likeness (QED) is 0.487. The van der Waals surface area contributed by atoms with Crippen LogP contribution in [0.3, 0.4) is 0 Å². The number of carbonyl (C=O) groups excluding carboxylic acids is 1. The Bertz CT molecular complexity index is 635. The van der Waals surface area contributed by atoms with Crippen LogP contribution >= 0.6 is 0 Å². The van der Waals surface area contributed by atoms with E-state index in [1.54, 1.807) is 18.2 Å². The summed E-state index contributed by atoms with van der Waals surface area (Å²) in [6.07, 6.45) is 1.58. The monoisotopic (exact) mass is 299 g/mol. The fourth-order valence-electron chi connectivity index (χ4n) is 1.75. The molecular formula is C17H17NO4. The first kappa shape index (κ1) is 15.6. The first-order valence-electron chi connectivity index (χ1n) is 6.70. The van der Waals surface area contributed by atoms with E-state index < -0.39 is 5.97 Å². The lowest BCUT2D eigenvalue weighted by atomic mass is 10.2. The highest BCUT2D eigenvalue weighted by Crippen LogP contribution is 2.12. The van der Waals surface area contributed by atoms with Crippen molar-refractivity contribution >= 4 is 12.0 Å². The molecule has 22 heavy (non-hydrogen) atoms. The fourth-order valence-corrected chi connectivity index (χ4v) is 1.75. The molecule has 2 aromatic rings. The Labute approximate surface area is 128 Å². The van der Waals surface area contributed by atoms with Crippen molar-refractivity contribution in [3.05, 3.63) is 71.4 Å². The van der Waals surface area contributed by atoms with Crippen molar-refractivity contribution in [3.63, 3.8) is 0 Å². The van der Waals surface area contributed by atoms with Crippen molar-refractivity contribution in [1.29, 1.82) is 0 Å². The van der Waals surface area contributed by atoms with E-state index in [-0.39, 0.29) is 11.4 Å². The van der Waals surface area contributed by atoms with Gasteiger partial charge in [-0.2, -0.15) is 0 Å². The number of esters is 1. The molecule has 2 aromatic carbocycles. The predicted molar refractivity (Wildman–Crippen MR) is 82.5 cm³/mol. The third-order valence-electron chi connectivity index (χ3n) is 2.87. The van der Waals surface area contributed by atoms with Crippen LogP contribution in [-0.2, 0) is 21.0 Å². The predicted octanol–water partition coefficient (Wildman–Crippen LogP) is 2.63. The maximum atomic E-state index is 11.7. The Balaban J connectivity index is 2.03. The van der Waals surface area contributed by atoms with Crippen LogP contribution < -0.4 is 5.48 Å². The number of hydrogen-bond donors (Lipinski definition) is 2. The third-order valence-corrected chi connectivity index (χ3v) is 2.87. The molecule has 2 N–H and O–H groups in total. The topological polar surface area (TPSA) is 67.8 Å². The number of nitrogens with one attached hydrogen (secondary N) is 1. The molecule has 0 aliphatic carbocycles. The Morgan fingerprint density at radius 2 is 1.82 bits per heavy atom. The van der Waals surface area contributed by atoms with E-state index in [0.717, 1.165) is 11.1 Å². The fraction of sp³-hybridized carbons (Fsp3) is 0.118. The summed E-state index contributed by atoms with van der Waals surface area (Å²) in [5.74, 6) is -0.383. The van der Waals surface area contributed by atoms with E-state index >= 15 is 0 Å². The summed E-state index contributed by atoms with van der Waals surface area (Å²) in [4.78, 5) is 17.1. The van der Waals surface area contributed by atoms with E-state index in [1.165, 1.54) is 19.2 Å². The maximum Gasteiger partial charge on any atom is 0.356 e. The lowest BCUT2D eigenvalue weighted by Crippen LogP contribution is -2.21.